The number of aromatic amines is 1. The van der Waals surface area contributed by atoms with E-state index in [0.717, 1.165) is 32.3 Å². The van der Waals surface area contributed by atoms with Gasteiger partial charge in [-0.3, -0.25) is 4.79 Å². The molecule has 164 valence electrons. The van der Waals surface area contributed by atoms with Gasteiger partial charge in [-0.15, -0.1) is 11.3 Å². The summed E-state index contributed by atoms with van der Waals surface area (Å²) >= 11 is 7.92. The van der Waals surface area contributed by atoms with Gasteiger partial charge in [-0.05, 0) is 35.2 Å². The molecular formula is C26H15ClN4O2S. The number of nitrogens with zero attached hydrogens (tertiary/aromatic N) is 3. The van der Waals surface area contributed by atoms with Crippen molar-refractivity contribution in [2.24, 2.45) is 0 Å². The Morgan fingerprint density at radius 2 is 1.74 bits per heavy atom. The first kappa shape index (κ1) is 20.5. The number of fused-ring (bicyclic) bond motifs is 2. The predicted octanol–water partition coefficient (Wildman–Crippen LogP) is 5.67. The zero-order valence-electron chi connectivity index (χ0n) is 17.5. The van der Waals surface area contributed by atoms with Crippen molar-refractivity contribution in [2.45, 2.75) is 0 Å². The van der Waals surface area contributed by atoms with Crippen molar-refractivity contribution in [3.63, 3.8) is 0 Å². The molecule has 0 unspecified atom stereocenters. The lowest BCUT2D eigenvalue weighted by Gasteiger charge is -2.09. The first-order chi connectivity index (χ1) is 16.6. The van der Waals surface area contributed by atoms with Crippen LogP contribution in [-0.4, -0.2) is 19.7 Å². The van der Waals surface area contributed by atoms with Crippen molar-refractivity contribution in [2.75, 3.05) is 0 Å². The van der Waals surface area contributed by atoms with Crippen LogP contribution >= 0.6 is 22.9 Å². The summed E-state index contributed by atoms with van der Waals surface area (Å²) in [6.07, 6.45) is 3.28. The molecule has 34 heavy (non-hydrogen) atoms. The van der Waals surface area contributed by atoms with E-state index in [1.165, 1.54) is 15.9 Å². The maximum atomic E-state index is 13.6. The number of aromatic nitrogens is 4. The van der Waals surface area contributed by atoms with Crippen molar-refractivity contribution in [3.05, 3.63) is 111 Å². The fourth-order valence-electron chi connectivity index (χ4n) is 4.22. The Bertz CT molecular complexity index is 1820. The summed E-state index contributed by atoms with van der Waals surface area (Å²) in [6.45, 7) is 0. The normalized spacial score (nSPS) is 11.3. The van der Waals surface area contributed by atoms with Gasteiger partial charge >= 0.3 is 5.69 Å². The van der Waals surface area contributed by atoms with Crippen molar-refractivity contribution >= 4 is 43.9 Å². The minimum absolute atomic E-state index is 0.370. The maximum absolute atomic E-state index is 13.6. The van der Waals surface area contributed by atoms with Gasteiger partial charge in [0.1, 0.15) is 4.70 Å². The molecule has 0 atom stereocenters. The zero-order chi connectivity index (χ0) is 23.2. The highest BCUT2D eigenvalue weighted by Gasteiger charge is 2.18. The SMILES string of the molecule is O=c1[nH]c2cc(-c3c(Cl)cccc3-c3ccnnc3)sc2c(=O)n1-c1cccc2ccccc12. The highest BCUT2D eigenvalue weighted by atomic mass is 35.5. The third kappa shape index (κ3) is 3.25. The van der Waals surface area contributed by atoms with E-state index in [4.69, 9.17) is 11.6 Å². The Balaban J connectivity index is 1.61. The lowest BCUT2D eigenvalue weighted by atomic mass is 10.0. The van der Waals surface area contributed by atoms with Crippen LogP contribution in [0.5, 0.6) is 0 Å². The minimum atomic E-state index is -0.490. The number of rotatable bonds is 3. The van der Waals surface area contributed by atoms with Crippen LogP contribution in [0.2, 0.25) is 5.02 Å². The molecule has 0 saturated carbocycles. The van der Waals surface area contributed by atoms with Crippen molar-refractivity contribution in [3.8, 4) is 27.3 Å². The van der Waals surface area contributed by atoms with E-state index >= 15 is 0 Å². The second-order valence-electron chi connectivity index (χ2n) is 7.72. The number of benzene rings is 3. The quantitative estimate of drug-likeness (QED) is 0.352. The average Bonchev–Trinajstić information content (AvgIpc) is 3.28. The molecule has 1 N–H and O–H groups in total. The molecule has 0 amide bonds. The van der Waals surface area contributed by atoms with E-state index < -0.39 is 5.69 Å². The second kappa shape index (κ2) is 8.06. The van der Waals surface area contributed by atoms with Crippen LogP contribution < -0.4 is 11.2 Å². The second-order valence-corrected chi connectivity index (χ2v) is 9.18. The van der Waals surface area contributed by atoms with Gasteiger partial charge in [0.15, 0.2) is 0 Å². The summed E-state index contributed by atoms with van der Waals surface area (Å²) in [5.74, 6) is 0. The molecule has 8 heteroatoms. The van der Waals surface area contributed by atoms with E-state index in [9.17, 15) is 9.59 Å². The molecule has 0 bridgehead atoms. The Labute approximate surface area is 201 Å². The van der Waals surface area contributed by atoms with Gasteiger partial charge in [-0.2, -0.15) is 10.2 Å². The summed E-state index contributed by atoms with van der Waals surface area (Å²) in [6, 6.07) is 22.5. The van der Waals surface area contributed by atoms with Crippen molar-refractivity contribution in [1.82, 2.24) is 19.7 Å². The van der Waals surface area contributed by atoms with Gasteiger partial charge in [0.25, 0.3) is 5.56 Å². The van der Waals surface area contributed by atoms with Crippen LogP contribution in [0.3, 0.4) is 0 Å². The molecule has 0 aliphatic rings. The molecule has 3 aromatic heterocycles. The number of halogens is 1. The van der Waals surface area contributed by atoms with Crippen LogP contribution in [0.25, 0.3) is 48.2 Å². The Morgan fingerprint density at radius 3 is 2.59 bits per heavy atom. The number of nitrogens with one attached hydrogen (secondary N) is 1. The van der Waals surface area contributed by atoms with Crippen LogP contribution in [0.15, 0.2) is 94.8 Å². The molecule has 0 aliphatic carbocycles. The average molecular weight is 483 g/mol. The molecule has 3 aromatic carbocycles. The molecule has 0 aliphatic heterocycles. The molecular weight excluding hydrogens is 468 g/mol. The van der Waals surface area contributed by atoms with Gasteiger partial charge in [0.05, 0.1) is 23.6 Å². The fourth-order valence-corrected chi connectivity index (χ4v) is 5.67. The number of hydrogen-bond donors (Lipinski definition) is 1. The van der Waals surface area contributed by atoms with Crippen molar-refractivity contribution < 1.29 is 0 Å². The summed E-state index contributed by atoms with van der Waals surface area (Å²) < 4.78 is 1.65. The molecule has 6 rings (SSSR count). The Kier molecular flexibility index (Phi) is 4.86. The highest BCUT2D eigenvalue weighted by Crippen LogP contribution is 2.41. The number of H-pyrrole nitrogens is 1. The van der Waals surface area contributed by atoms with Gasteiger partial charge in [-0.1, -0.05) is 60.1 Å². The number of hydrogen-bond acceptors (Lipinski definition) is 5. The third-order valence-corrected chi connectivity index (χ3v) is 7.19. The van der Waals surface area contributed by atoms with E-state index in [1.54, 1.807) is 30.6 Å². The summed E-state index contributed by atoms with van der Waals surface area (Å²) in [7, 11) is 0. The van der Waals surface area contributed by atoms with E-state index in [2.05, 4.69) is 15.2 Å². The third-order valence-electron chi connectivity index (χ3n) is 5.74. The predicted molar refractivity (Wildman–Crippen MR) is 137 cm³/mol. The van der Waals surface area contributed by atoms with Crippen LogP contribution in [0, 0.1) is 0 Å². The van der Waals surface area contributed by atoms with Gasteiger partial charge in [0.2, 0.25) is 0 Å². The highest BCUT2D eigenvalue weighted by molar-refractivity contribution is 7.22. The van der Waals surface area contributed by atoms with Crippen LogP contribution in [-0.2, 0) is 0 Å². The fraction of sp³-hybridized carbons (Fsp3) is 0. The topological polar surface area (TPSA) is 80.6 Å². The van der Waals surface area contributed by atoms with E-state index in [-0.39, 0.29) is 5.56 Å². The molecule has 0 saturated heterocycles. The largest absolute Gasteiger partial charge is 0.333 e. The van der Waals surface area contributed by atoms with Gasteiger partial charge in [-0.25, -0.2) is 9.36 Å². The molecule has 6 nitrogen and oxygen atoms in total. The molecule has 3 heterocycles. The lowest BCUT2D eigenvalue weighted by molar-refractivity contribution is 0.911. The van der Waals surface area contributed by atoms with Gasteiger partial charge in [0, 0.05) is 26.4 Å². The molecule has 0 spiro atoms. The first-order valence-corrected chi connectivity index (χ1v) is 11.6. The van der Waals surface area contributed by atoms with Crippen LogP contribution in [0.4, 0.5) is 0 Å². The molecule has 6 aromatic rings. The first-order valence-electron chi connectivity index (χ1n) is 10.4. The summed E-state index contributed by atoms with van der Waals surface area (Å²) in [5, 5.41) is 10.1. The van der Waals surface area contributed by atoms with Crippen LogP contribution in [0.1, 0.15) is 0 Å². The van der Waals surface area contributed by atoms with E-state index in [1.807, 2.05) is 54.6 Å². The molecule has 0 radical (unpaired) electrons. The number of thiophene rings is 1. The summed E-state index contributed by atoms with van der Waals surface area (Å²) in [4.78, 5) is 30.3. The standard InChI is InChI=1S/C26H15ClN4O2S/c27-19-9-4-8-18(16-11-12-28-29-14-16)23(19)22-13-20-24(34-22)25(32)31(26(33)30-20)21-10-3-6-15-5-1-2-7-17(15)21/h1-14H,(H,30,33). The lowest BCUT2D eigenvalue weighted by Crippen LogP contribution is -2.33. The Morgan fingerprint density at radius 1 is 0.912 bits per heavy atom. The maximum Gasteiger partial charge on any atom is 0.333 e. The smallest absolute Gasteiger partial charge is 0.306 e. The van der Waals surface area contributed by atoms with Crippen molar-refractivity contribution in [1.29, 1.82) is 0 Å². The summed E-state index contributed by atoms with van der Waals surface area (Å²) in [5.41, 5.74) is 2.65. The van der Waals surface area contributed by atoms with E-state index in [0.29, 0.717) is 20.9 Å². The minimum Gasteiger partial charge on any atom is -0.306 e. The van der Waals surface area contributed by atoms with Gasteiger partial charge < -0.3 is 4.98 Å². The Hall–Kier alpha value is -4.07. The monoisotopic (exact) mass is 482 g/mol. The zero-order valence-corrected chi connectivity index (χ0v) is 19.1. The molecule has 0 fully saturated rings.